The molecule has 0 saturated heterocycles. The van der Waals surface area contributed by atoms with Gasteiger partial charge in [-0.05, 0) is 37.4 Å². The number of amides is 1. The van der Waals surface area contributed by atoms with Gasteiger partial charge in [-0.1, -0.05) is 23.8 Å². The van der Waals surface area contributed by atoms with Crippen molar-refractivity contribution in [3.63, 3.8) is 0 Å². The molecule has 2 aromatic heterocycles. The molecular formula is C19H17N3O4S. The van der Waals surface area contributed by atoms with Crippen molar-refractivity contribution in [2.75, 3.05) is 11.9 Å². The van der Waals surface area contributed by atoms with E-state index in [9.17, 15) is 14.4 Å². The molecule has 0 spiro atoms. The van der Waals surface area contributed by atoms with Gasteiger partial charge in [0.2, 0.25) is 0 Å². The van der Waals surface area contributed by atoms with Crippen molar-refractivity contribution in [3.05, 3.63) is 74.3 Å². The standard InChI is InChI=1S/C19H17N3O4S/c1-3-26-19(25)17-14(20-18(24)15-5-4-10-27-15)11-16(23)22(21-17)13-8-6-12(2)7-9-13/h4-11H,3H2,1-2H3,(H,20,24). The predicted molar refractivity (Wildman–Crippen MR) is 103 cm³/mol. The number of esters is 1. The molecule has 1 aromatic carbocycles. The number of benzene rings is 1. The Labute approximate surface area is 159 Å². The molecule has 7 nitrogen and oxygen atoms in total. The van der Waals surface area contributed by atoms with Gasteiger partial charge in [0.1, 0.15) is 0 Å². The second-order valence-electron chi connectivity index (χ2n) is 5.64. The zero-order chi connectivity index (χ0) is 19.4. The first-order valence-electron chi connectivity index (χ1n) is 8.23. The number of aryl methyl sites for hydroxylation is 1. The molecule has 27 heavy (non-hydrogen) atoms. The molecule has 1 N–H and O–H groups in total. The maximum absolute atomic E-state index is 12.5. The molecule has 0 aliphatic rings. The lowest BCUT2D eigenvalue weighted by Gasteiger charge is -2.12. The molecule has 0 atom stereocenters. The fourth-order valence-corrected chi connectivity index (χ4v) is 2.98. The average Bonchev–Trinajstić information content (AvgIpc) is 3.18. The van der Waals surface area contributed by atoms with Crippen LogP contribution in [0.1, 0.15) is 32.6 Å². The summed E-state index contributed by atoms with van der Waals surface area (Å²) in [6.07, 6.45) is 0. The summed E-state index contributed by atoms with van der Waals surface area (Å²) in [6.45, 7) is 3.73. The maximum Gasteiger partial charge on any atom is 0.360 e. The smallest absolute Gasteiger partial charge is 0.360 e. The monoisotopic (exact) mass is 383 g/mol. The molecule has 0 unspecified atom stereocenters. The number of rotatable bonds is 5. The highest BCUT2D eigenvalue weighted by molar-refractivity contribution is 7.12. The molecule has 8 heteroatoms. The number of anilines is 1. The van der Waals surface area contributed by atoms with Crippen molar-refractivity contribution in [3.8, 4) is 5.69 Å². The number of nitrogens with zero attached hydrogens (tertiary/aromatic N) is 2. The first-order chi connectivity index (χ1) is 13.0. The largest absolute Gasteiger partial charge is 0.461 e. The molecule has 2 heterocycles. The van der Waals surface area contributed by atoms with Crippen LogP contribution < -0.4 is 10.9 Å². The number of hydrogen-bond donors (Lipinski definition) is 1. The lowest BCUT2D eigenvalue weighted by atomic mass is 10.2. The van der Waals surface area contributed by atoms with E-state index in [1.54, 1.807) is 36.6 Å². The molecule has 0 bridgehead atoms. The highest BCUT2D eigenvalue weighted by Gasteiger charge is 2.20. The van der Waals surface area contributed by atoms with E-state index < -0.39 is 17.4 Å². The Hall–Kier alpha value is -3.26. The van der Waals surface area contributed by atoms with Crippen molar-refractivity contribution in [2.24, 2.45) is 0 Å². The topological polar surface area (TPSA) is 90.3 Å². The minimum atomic E-state index is -0.722. The third kappa shape index (κ3) is 4.12. The predicted octanol–water partition coefficient (Wildman–Crippen LogP) is 3.03. The summed E-state index contributed by atoms with van der Waals surface area (Å²) in [5.41, 5.74) is 0.931. The fourth-order valence-electron chi connectivity index (χ4n) is 2.36. The summed E-state index contributed by atoms with van der Waals surface area (Å²) >= 11 is 1.25. The second-order valence-corrected chi connectivity index (χ2v) is 6.59. The van der Waals surface area contributed by atoms with Gasteiger partial charge in [0.25, 0.3) is 11.5 Å². The number of ether oxygens (including phenoxy) is 1. The van der Waals surface area contributed by atoms with Crippen LogP contribution in [0.2, 0.25) is 0 Å². The molecular weight excluding hydrogens is 366 g/mol. The van der Waals surface area contributed by atoms with Gasteiger partial charge in [0.15, 0.2) is 5.69 Å². The fraction of sp³-hybridized carbons (Fsp3) is 0.158. The molecule has 0 fully saturated rings. The zero-order valence-electron chi connectivity index (χ0n) is 14.8. The number of thiophene rings is 1. The van der Waals surface area contributed by atoms with E-state index in [1.165, 1.54) is 17.4 Å². The minimum Gasteiger partial charge on any atom is -0.461 e. The van der Waals surface area contributed by atoms with Crippen LogP contribution in [0.5, 0.6) is 0 Å². The zero-order valence-corrected chi connectivity index (χ0v) is 15.6. The third-order valence-electron chi connectivity index (χ3n) is 3.67. The van der Waals surface area contributed by atoms with Gasteiger partial charge in [-0.3, -0.25) is 9.59 Å². The van der Waals surface area contributed by atoms with E-state index in [0.717, 1.165) is 10.2 Å². The highest BCUT2D eigenvalue weighted by atomic mass is 32.1. The van der Waals surface area contributed by atoms with E-state index in [4.69, 9.17) is 4.74 Å². The van der Waals surface area contributed by atoms with Crippen LogP contribution in [-0.2, 0) is 4.74 Å². The summed E-state index contributed by atoms with van der Waals surface area (Å²) in [5, 5.41) is 8.48. The van der Waals surface area contributed by atoms with Gasteiger partial charge in [-0.25, -0.2) is 4.79 Å². The number of hydrogen-bond acceptors (Lipinski definition) is 6. The molecule has 3 rings (SSSR count). The molecule has 0 aliphatic carbocycles. The Bertz CT molecular complexity index is 1020. The lowest BCUT2D eigenvalue weighted by molar-refractivity contribution is 0.0518. The molecule has 1 amide bonds. The normalized spacial score (nSPS) is 10.4. The van der Waals surface area contributed by atoms with Gasteiger partial charge >= 0.3 is 5.97 Å². The van der Waals surface area contributed by atoms with Crippen LogP contribution in [0.4, 0.5) is 5.69 Å². The van der Waals surface area contributed by atoms with Gasteiger partial charge in [0.05, 0.1) is 22.9 Å². The van der Waals surface area contributed by atoms with E-state index in [1.807, 2.05) is 19.1 Å². The summed E-state index contributed by atoms with van der Waals surface area (Å²) in [7, 11) is 0. The first kappa shape index (κ1) is 18.5. The van der Waals surface area contributed by atoms with E-state index >= 15 is 0 Å². The molecule has 3 aromatic rings. The van der Waals surface area contributed by atoms with Crippen LogP contribution in [0.15, 0.2) is 52.6 Å². The number of aromatic nitrogens is 2. The van der Waals surface area contributed by atoms with Gasteiger partial charge in [-0.2, -0.15) is 9.78 Å². The van der Waals surface area contributed by atoms with Crippen LogP contribution >= 0.6 is 11.3 Å². The van der Waals surface area contributed by atoms with Gasteiger partial charge in [-0.15, -0.1) is 11.3 Å². The summed E-state index contributed by atoms with van der Waals surface area (Å²) < 4.78 is 6.13. The van der Waals surface area contributed by atoms with Gasteiger partial charge < -0.3 is 10.1 Å². The number of carbonyl (C=O) groups excluding carboxylic acids is 2. The highest BCUT2D eigenvalue weighted by Crippen LogP contribution is 2.17. The summed E-state index contributed by atoms with van der Waals surface area (Å²) in [4.78, 5) is 37.6. The van der Waals surface area contributed by atoms with Gasteiger partial charge in [0, 0.05) is 6.07 Å². The van der Waals surface area contributed by atoms with Crippen LogP contribution in [-0.4, -0.2) is 28.3 Å². The Morgan fingerprint density at radius 1 is 1.22 bits per heavy atom. The quantitative estimate of drug-likeness (QED) is 0.684. The Morgan fingerprint density at radius 2 is 1.96 bits per heavy atom. The van der Waals surface area contributed by atoms with E-state index in [2.05, 4.69) is 10.4 Å². The molecule has 0 aliphatic heterocycles. The maximum atomic E-state index is 12.5. The van der Waals surface area contributed by atoms with Crippen molar-refractivity contribution < 1.29 is 14.3 Å². The number of carbonyl (C=O) groups is 2. The lowest BCUT2D eigenvalue weighted by Crippen LogP contribution is -2.27. The minimum absolute atomic E-state index is 0.0141. The van der Waals surface area contributed by atoms with E-state index in [-0.39, 0.29) is 18.0 Å². The Kier molecular flexibility index (Phi) is 5.46. The molecule has 138 valence electrons. The molecule has 0 saturated carbocycles. The van der Waals surface area contributed by atoms with Crippen molar-refractivity contribution in [1.82, 2.24) is 9.78 Å². The SMILES string of the molecule is CCOC(=O)c1nn(-c2ccc(C)cc2)c(=O)cc1NC(=O)c1cccs1. The second kappa shape index (κ2) is 7.96. The van der Waals surface area contributed by atoms with Crippen molar-refractivity contribution >= 4 is 28.9 Å². The first-order valence-corrected chi connectivity index (χ1v) is 9.11. The van der Waals surface area contributed by atoms with Crippen LogP contribution in [0.25, 0.3) is 5.69 Å². The van der Waals surface area contributed by atoms with E-state index in [0.29, 0.717) is 10.6 Å². The average molecular weight is 383 g/mol. The summed E-state index contributed by atoms with van der Waals surface area (Å²) in [5.74, 6) is -1.15. The Balaban J connectivity index is 2.05. The van der Waals surface area contributed by atoms with Crippen molar-refractivity contribution in [1.29, 1.82) is 0 Å². The Morgan fingerprint density at radius 3 is 2.59 bits per heavy atom. The van der Waals surface area contributed by atoms with Crippen LogP contribution in [0, 0.1) is 6.92 Å². The summed E-state index contributed by atoms with van der Waals surface area (Å²) in [6, 6.07) is 11.7. The third-order valence-corrected chi connectivity index (χ3v) is 4.54. The molecule has 0 radical (unpaired) electrons. The van der Waals surface area contributed by atoms with Crippen molar-refractivity contribution in [2.45, 2.75) is 13.8 Å². The number of nitrogens with one attached hydrogen (secondary N) is 1. The van der Waals surface area contributed by atoms with Crippen LogP contribution in [0.3, 0.4) is 0 Å².